The van der Waals surface area contributed by atoms with Gasteiger partial charge in [0.15, 0.2) is 0 Å². The van der Waals surface area contributed by atoms with Gasteiger partial charge in [0.2, 0.25) is 5.91 Å². The van der Waals surface area contributed by atoms with Gasteiger partial charge >= 0.3 is 5.97 Å². The van der Waals surface area contributed by atoms with Crippen molar-refractivity contribution in [2.24, 2.45) is 0 Å². The van der Waals surface area contributed by atoms with Gasteiger partial charge in [-0.15, -0.1) is 0 Å². The number of amides is 1. The first-order valence-electron chi connectivity index (χ1n) is 5.86. The van der Waals surface area contributed by atoms with Crippen LogP contribution in [-0.2, 0) is 19.7 Å². The zero-order valence-electron chi connectivity index (χ0n) is 11.2. The molecule has 0 saturated carbocycles. The average Bonchev–Trinajstić information content (AvgIpc) is 2.36. The molecular weight excluding hydrogens is 350 g/mol. The summed E-state index contributed by atoms with van der Waals surface area (Å²) < 4.78 is 10.3. The molecule has 110 valence electrons. The third kappa shape index (κ3) is 5.38. The number of carbonyl (C=O) groups is 2. The molecule has 7 heteroatoms. The van der Waals surface area contributed by atoms with Crippen molar-refractivity contribution in [3.8, 4) is 5.75 Å². The summed E-state index contributed by atoms with van der Waals surface area (Å²) in [5.41, 5.74) is 1.32. The van der Waals surface area contributed by atoms with Crippen LogP contribution < -0.4 is 10.1 Å². The van der Waals surface area contributed by atoms with E-state index in [4.69, 9.17) is 21.1 Å². The van der Waals surface area contributed by atoms with Crippen LogP contribution in [0, 0.1) is 0 Å². The number of esters is 1. The SMILES string of the molecule is CC(=O)Nc1cc(OCCOC(C)=O)c(CBr)cc1Cl. The second-order valence-electron chi connectivity index (χ2n) is 3.94. The van der Waals surface area contributed by atoms with Gasteiger partial charge < -0.3 is 14.8 Å². The van der Waals surface area contributed by atoms with Crippen LogP contribution in [0.2, 0.25) is 5.02 Å². The number of benzene rings is 1. The standard InChI is InChI=1S/C13H15BrClNO4/c1-8(17)16-12-6-13(10(7-14)5-11(12)15)20-4-3-19-9(2)18/h5-6H,3-4,7H2,1-2H3,(H,16,17). The maximum Gasteiger partial charge on any atom is 0.302 e. The Kier molecular flexibility index (Phi) is 6.81. The molecule has 5 nitrogen and oxygen atoms in total. The molecule has 0 heterocycles. The normalized spacial score (nSPS) is 10.0. The van der Waals surface area contributed by atoms with E-state index in [1.54, 1.807) is 12.1 Å². The van der Waals surface area contributed by atoms with E-state index in [0.29, 0.717) is 21.8 Å². The Balaban J connectivity index is 2.81. The van der Waals surface area contributed by atoms with Crippen molar-refractivity contribution in [2.45, 2.75) is 19.2 Å². The van der Waals surface area contributed by atoms with Gasteiger partial charge in [-0.25, -0.2) is 0 Å². The Morgan fingerprint density at radius 2 is 2.00 bits per heavy atom. The van der Waals surface area contributed by atoms with Gasteiger partial charge in [0.25, 0.3) is 0 Å². The largest absolute Gasteiger partial charge is 0.490 e. The number of ether oxygens (including phenoxy) is 2. The van der Waals surface area contributed by atoms with E-state index >= 15 is 0 Å². The monoisotopic (exact) mass is 363 g/mol. The molecule has 1 aromatic carbocycles. The number of anilines is 1. The Bertz CT molecular complexity index is 507. The molecule has 0 spiro atoms. The lowest BCUT2D eigenvalue weighted by atomic mass is 10.2. The average molecular weight is 365 g/mol. The summed E-state index contributed by atoms with van der Waals surface area (Å²) in [6.07, 6.45) is 0. The molecule has 0 aliphatic heterocycles. The van der Waals surface area contributed by atoms with Crippen molar-refractivity contribution in [1.29, 1.82) is 0 Å². The smallest absolute Gasteiger partial charge is 0.302 e. The lowest BCUT2D eigenvalue weighted by Gasteiger charge is -2.13. The zero-order valence-corrected chi connectivity index (χ0v) is 13.5. The molecule has 0 aliphatic carbocycles. The lowest BCUT2D eigenvalue weighted by Crippen LogP contribution is -2.11. The molecule has 1 rings (SSSR count). The van der Waals surface area contributed by atoms with E-state index in [1.165, 1.54) is 13.8 Å². The Labute approximate surface area is 130 Å². The van der Waals surface area contributed by atoms with Gasteiger partial charge in [0, 0.05) is 30.8 Å². The predicted octanol–water partition coefficient (Wildman–Crippen LogP) is 3.14. The fourth-order valence-electron chi connectivity index (χ4n) is 1.46. The van der Waals surface area contributed by atoms with E-state index in [2.05, 4.69) is 21.2 Å². The second-order valence-corrected chi connectivity index (χ2v) is 4.91. The second kappa shape index (κ2) is 8.11. The minimum Gasteiger partial charge on any atom is -0.490 e. The fraction of sp³-hybridized carbons (Fsp3) is 0.385. The molecule has 1 N–H and O–H groups in total. The molecule has 0 fully saturated rings. The highest BCUT2D eigenvalue weighted by Gasteiger charge is 2.10. The maximum atomic E-state index is 11.1. The first-order chi connectivity index (χ1) is 9.43. The van der Waals surface area contributed by atoms with Crippen molar-refractivity contribution >= 4 is 45.1 Å². The van der Waals surface area contributed by atoms with Crippen LogP contribution in [0.1, 0.15) is 19.4 Å². The molecule has 0 atom stereocenters. The molecule has 20 heavy (non-hydrogen) atoms. The van der Waals surface area contributed by atoms with Crippen LogP contribution in [-0.4, -0.2) is 25.1 Å². The van der Waals surface area contributed by atoms with Crippen LogP contribution in [0.15, 0.2) is 12.1 Å². The molecular formula is C13H15BrClNO4. The summed E-state index contributed by atoms with van der Waals surface area (Å²) in [4.78, 5) is 21.7. The first-order valence-corrected chi connectivity index (χ1v) is 7.36. The third-order valence-electron chi connectivity index (χ3n) is 2.25. The number of carbonyl (C=O) groups excluding carboxylic acids is 2. The highest BCUT2D eigenvalue weighted by atomic mass is 79.9. The molecule has 1 aromatic rings. The van der Waals surface area contributed by atoms with Gasteiger partial charge in [-0.3, -0.25) is 9.59 Å². The molecule has 0 saturated heterocycles. The number of hydrogen-bond acceptors (Lipinski definition) is 4. The summed E-state index contributed by atoms with van der Waals surface area (Å²) in [6.45, 7) is 3.12. The van der Waals surface area contributed by atoms with Crippen molar-refractivity contribution in [3.05, 3.63) is 22.7 Å². The number of alkyl halides is 1. The summed E-state index contributed by atoms with van der Waals surface area (Å²) in [6, 6.07) is 3.36. The minimum absolute atomic E-state index is 0.162. The number of nitrogens with one attached hydrogen (secondary N) is 1. The van der Waals surface area contributed by atoms with Crippen LogP contribution in [0.25, 0.3) is 0 Å². The molecule has 0 aromatic heterocycles. The van der Waals surface area contributed by atoms with E-state index in [-0.39, 0.29) is 25.1 Å². The van der Waals surface area contributed by atoms with Crippen molar-refractivity contribution in [2.75, 3.05) is 18.5 Å². The van der Waals surface area contributed by atoms with Gasteiger partial charge in [-0.1, -0.05) is 27.5 Å². The van der Waals surface area contributed by atoms with Crippen molar-refractivity contribution < 1.29 is 19.1 Å². The Morgan fingerprint density at radius 3 is 2.55 bits per heavy atom. The molecule has 1 amide bonds. The number of hydrogen-bond donors (Lipinski definition) is 1. The molecule has 0 bridgehead atoms. The summed E-state index contributed by atoms with van der Waals surface area (Å²) in [7, 11) is 0. The minimum atomic E-state index is -0.357. The number of halogens is 2. The van der Waals surface area contributed by atoms with Crippen LogP contribution in [0.5, 0.6) is 5.75 Å². The third-order valence-corrected chi connectivity index (χ3v) is 3.17. The summed E-state index contributed by atoms with van der Waals surface area (Å²) in [5, 5.41) is 3.61. The first kappa shape index (κ1) is 16.8. The highest BCUT2D eigenvalue weighted by Crippen LogP contribution is 2.32. The molecule has 0 unspecified atom stereocenters. The van der Waals surface area contributed by atoms with E-state index in [1.807, 2.05) is 0 Å². The molecule has 0 radical (unpaired) electrons. The topological polar surface area (TPSA) is 64.6 Å². The van der Waals surface area contributed by atoms with Gasteiger partial charge in [0.05, 0.1) is 10.7 Å². The highest BCUT2D eigenvalue weighted by molar-refractivity contribution is 9.08. The number of rotatable bonds is 6. The summed E-state index contributed by atoms with van der Waals surface area (Å²) in [5.74, 6) is -0.00381. The maximum absolute atomic E-state index is 11.1. The van der Waals surface area contributed by atoms with E-state index in [0.717, 1.165) is 5.56 Å². The van der Waals surface area contributed by atoms with Crippen LogP contribution in [0.3, 0.4) is 0 Å². The zero-order chi connectivity index (χ0) is 15.1. The lowest BCUT2D eigenvalue weighted by molar-refractivity contribution is -0.141. The van der Waals surface area contributed by atoms with Crippen LogP contribution >= 0.6 is 27.5 Å². The van der Waals surface area contributed by atoms with Crippen molar-refractivity contribution in [1.82, 2.24) is 0 Å². The summed E-state index contributed by atoms with van der Waals surface area (Å²) >= 11 is 9.41. The van der Waals surface area contributed by atoms with E-state index in [9.17, 15) is 9.59 Å². The Morgan fingerprint density at radius 1 is 1.30 bits per heavy atom. The fourth-order valence-corrected chi connectivity index (χ4v) is 2.13. The molecule has 0 aliphatic rings. The van der Waals surface area contributed by atoms with Gasteiger partial charge in [-0.2, -0.15) is 0 Å². The van der Waals surface area contributed by atoms with E-state index < -0.39 is 0 Å². The van der Waals surface area contributed by atoms with Crippen molar-refractivity contribution in [3.63, 3.8) is 0 Å². The van der Waals surface area contributed by atoms with Gasteiger partial charge in [-0.05, 0) is 6.07 Å². The predicted molar refractivity (Wildman–Crippen MR) is 80.5 cm³/mol. The Hall–Kier alpha value is -1.27. The van der Waals surface area contributed by atoms with Crippen LogP contribution in [0.4, 0.5) is 5.69 Å². The quantitative estimate of drug-likeness (QED) is 0.478. The van der Waals surface area contributed by atoms with Gasteiger partial charge in [0.1, 0.15) is 19.0 Å².